The summed E-state index contributed by atoms with van der Waals surface area (Å²) in [4.78, 5) is 30.8. The van der Waals surface area contributed by atoms with E-state index < -0.39 is 0 Å². The standard InChI is InChI=1S/C28H34N2O3/c1-4-27(31)30(22-13-7-6-8-14-22)26-18-20(3)29(25-17-10-9-16-24(25)26)28(32)21-12-11-15-23(19-21)33-5-2/h9-13,15-17,19-20,26H,4-8,14,18H2,1-3H3. The summed E-state index contributed by atoms with van der Waals surface area (Å²) in [5, 5.41) is 0. The van der Waals surface area contributed by atoms with Crippen molar-refractivity contribution in [2.75, 3.05) is 11.5 Å². The molecule has 0 aromatic heterocycles. The van der Waals surface area contributed by atoms with E-state index in [1.165, 1.54) is 6.42 Å². The van der Waals surface area contributed by atoms with Gasteiger partial charge in [-0.25, -0.2) is 0 Å². The molecule has 2 atom stereocenters. The van der Waals surface area contributed by atoms with Gasteiger partial charge in [0, 0.05) is 29.4 Å². The lowest BCUT2D eigenvalue weighted by Gasteiger charge is -2.44. The van der Waals surface area contributed by atoms with Crippen molar-refractivity contribution in [3.63, 3.8) is 0 Å². The molecular weight excluding hydrogens is 412 g/mol. The fourth-order valence-corrected chi connectivity index (χ4v) is 5.10. The molecule has 5 heteroatoms. The van der Waals surface area contributed by atoms with Gasteiger partial charge in [0.25, 0.3) is 5.91 Å². The van der Waals surface area contributed by atoms with Crippen molar-refractivity contribution in [1.29, 1.82) is 0 Å². The van der Waals surface area contributed by atoms with Gasteiger partial charge in [-0.15, -0.1) is 0 Å². The van der Waals surface area contributed by atoms with Crippen LogP contribution in [0.3, 0.4) is 0 Å². The van der Waals surface area contributed by atoms with Gasteiger partial charge in [0.05, 0.1) is 12.6 Å². The lowest BCUT2D eigenvalue weighted by atomic mass is 9.88. The molecule has 1 aliphatic carbocycles. The number of fused-ring (bicyclic) bond motifs is 1. The van der Waals surface area contributed by atoms with Crippen LogP contribution in [0.5, 0.6) is 5.75 Å². The summed E-state index contributed by atoms with van der Waals surface area (Å²) < 4.78 is 5.61. The summed E-state index contributed by atoms with van der Waals surface area (Å²) in [5.74, 6) is 0.808. The quantitative estimate of drug-likeness (QED) is 0.526. The lowest BCUT2D eigenvalue weighted by Crippen LogP contribution is -2.47. The molecule has 0 fully saturated rings. The van der Waals surface area contributed by atoms with Crippen LogP contribution in [-0.2, 0) is 4.79 Å². The number of carbonyl (C=O) groups excluding carboxylic acids is 2. The Kier molecular flexibility index (Phi) is 7.17. The summed E-state index contributed by atoms with van der Waals surface area (Å²) >= 11 is 0. The highest BCUT2D eigenvalue weighted by molar-refractivity contribution is 6.07. The Bertz CT molecular complexity index is 1040. The van der Waals surface area contributed by atoms with Crippen LogP contribution >= 0.6 is 0 Å². The summed E-state index contributed by atoms with van der Waals surface area (Å²) in [6.07, 6.45) is 7.66. The number of allylic oxidation sites excluding steroid dienone is 2. The second kappa shape index (κ2) is 10.2. The van der Waals surface area contributed by atoms with E-state index in [4.69, 9.17) is 4.74 Å². The number of nitrogens with zero attached hydrogens (tertiary/aromatic N) is 2. The second-order valence-corrected chi connectivity index (χ2v) is 8.85. The predicted octanol–water partition coefficient (Wildman–Crippen LogP) is 6.26. The zero-order valence-corrected chi connectivity index (χ0v) is 19.9. The van der Waals surface area contributed by atoms with Crippen molar-refractivity contribution in [3.8, 4) is 5.75 Å². The van der Waals surface area contributed by atoms with Crippen molar-refractivity contribution >= 4 is 17.5 Å². The molecule has 2 aliphatic rings. The zero-order valence-electron chi connectivity index (χ0n) is 19.9. The Labute approximate surface area is 197 Å². The molecule has 0 radical (unpaired) electrons. The van der Waals surface area contributed by atoms with Gasteiger partial charge in [-0.3, -0.25) is 9.59 Å². The number of hydrogen-bond donors (Lipinski definition) is 0. The van der Waals surface area contributed by atoms with Crippen LogP contribution in [0.1, 0.15) is 81.3 Å². The molecule has 2 aromatic carbocycles. The fourth-order valence-electron chi connectivity index (χ4n) is 5.10. The van der Waals surface area contributed by atoms with Crippen LogP contribution in [0.15, 0.2) is 60.3 Å². The van der Waals surface area contributed by atoms with Gasteiger partial charge in [0.1, 0.15) is 5.75 Å². The first-order valence-electron chi connectivity index (χ1n) is 12.2. The molecule has 0 spiro atoms. The Morgan fingerprint density at radius 2 is 1.91 bits per heavy atom. The fraction of sp³-hybridized carbons (Fsp3) is 0.429. The first-order valence-corrected chi connectivity index (χ1v) is 12.2. The number of anilines is 1. The Balaban J connectivity index is 1.73. The van der Waals surface area contributed by atoms with E-state index in [0.717, 1.165) is 36.2 Å². The van der Waals surface area contributed by atoms with E-state index >= 15 is 0 Å². The highest BCUT2D eigenvalue weighted by Crippen LogP contribution is 2.43. The van der Waals surface area contributed by atoms with Gasteiger partial charge in [-0.1, -0.05) is 37.3 Å². The van der Waals surface area contributed by atoms with E-state index in [1.54, 1.807) is 0 Å². The summed E-state index contributed by atoms with van der Waals surface area (Å²) in [6.45, 7) is 6.50. The van der Waals surface area contributed by atoms with Gasteiger partial charge in [0.15, 0.2) is 0 Å². The number of benzene rings is 2. The topological polar surface area (TPSA) is 49.9 Å². The molecule has 2 unspecified atom stereocenters. The molecule has 0 N–H and O–H groups in total. The Morgan fingerprint density at radius 1 is 1.09 bits per heavy atom. The minimum atomic E-state index is -0.0631. The summed E-state index contributed by atoms with van der Waals surface area (Å²) in [6, 6.07) is 15.3. The molecule has 174 valence electrons. The van der Waals surface area contributed by atoms with Gasteiger partial charge in [-0.2, -0.15) is 0 Å². The molecule has 0 bridgehead atoms. The minimum absolute atomic E-state index is 0.0415. The van der Waals surface area contributed by atoms with E-state index in [-0.39, 0.29) is 23.9 Å². The Hall–Kier alpha value is -3.08. The van der Waals surface area contributed by atoms with E-state index in [9.17, 15) is 9.59 Å². The number of para-hydroxylation sites is 1. The van der Waals surface area contributed by atoms with Crippen molar-refractivity contribution in [2.24, 2.45) is 0 Å². The molecule has 0 saturated heterocycles. The van der Waals surface area contributed by atoms with Gasteiger partial charge >= 0.3 is 0 Å². The van der Waals surface area contributed by atoms with Crippen LogP contribution in [0.2, 0.25) is 0 Å². The zero-order chi connectivity index (χ0) is 23.4. The summed E-state index contributed by atoms with van der Waals surface area (Å²) in [7, 11) is 0. The number of ether oxygens (including phenoxy) is 1. The van der Waals surface area contributed by atoms with Crippen molar-refractivity contribution in [3.05, 3.63) is 71.4 Å². The van der Waals surface area contributed by atoms with Gasteiger partial charge in [0.2, 0.25) is 5.91 Å². The van der Waals surface area contributed by atoms with Gasteiger partial charge < -0.3 is 14.5 Å². The maximum atomic E-state index is 13.7. The third kappa shape index (κ3) is 4.68. The molecular formula is C28H34N2O3. The van der Waals surface area contributed by atoms with E-state index in [0.29, 0.717) is 30.8 Å². The smallest absolute Gasteiger partial charge is 0.258 e. The second-order valence-electron chi connectivity index (χ2n) is 8.85. The molecule has 1 aliphatic heterocycles. The number of hydrogen-bond acceptors (Lipinski definition) is 3. The third-order valence-corrected chi connectivity index (χ3v) is 6.63. The van der Waals surface area contributed by atoms with Crippen LogP contribution < -0.4 is 9.64 Å². The van der Waals surface area contributed by atoms with Crippen LogP contribution in [0.4, 0.5) is 5.69 Å². The normalized spacial score (nSPS) is 20.0. The molecule has 2 aromatic rings. The predicted molar refractivity (Wildman–Crippen MR) is 131 cm³/mol. The minimum Gasteiger partial charge on any atom is -0.494 e. The third-order valence-electron chi connectivity index (χ3n) is 6.63. The van der Waals surface area contributed by atoms with E-state index in [1.807, 2.05) is 66.1 Å². The number of carbonyl (C=O) groups is 2. The lowest BCUT2D eigenvalue weighted by molar-refractivity contribution is -0.131. The number of rotatable bonds is 6. The molecule has 4 rings (SSSR count). The maximum Gasteiger partial charge on any atom is 0.258 e. The SMILES string of the molecule is CCOc1cccc(C(=O)N2c3ccccc3C(N(C(=O)CC)C3=CCCCC3)CC2C)c1. The maximum absolute atomic E-state index is 13.7. The van der Waals surface area contributed by atoms with Crippen LogP contribution in [0, 0.1) is 0 Å². The first kappa shape index (κ1) is 23.1. The molecule has 0 saturated carbocycles. The Morgan fingerprint density at radius 3 is 2.64 bits per heavy atom. The highest BCUT2D eigenvalue weighted by atomic mass is 16.5. The van der Waals surface area contributed by atoms with Crippen molar-refractivity contribution < 1.29 is 14.3 Å². The molecule has 2 amide bonds. The monoisotopic (exact) mass is 446 g/mol. The molecule has 5 nitrogen and oxygen atoms in total. The average Bonchev–Trinajstić information content (AvgIpc) is 2.85. The molecule has 1 heterocycles. The molecule has 33 heavy (non-hydrogen) atoms. The van der Waals surface area contributed by atoms with Crippen LogP contribution in [0.25, 0.3) is 0 Å². The van der Waals surface area contributed by atoms with E-state index in [2.05, 4.69) is 19.1 Å². The number of amides is 2. The first-order chi connectivity index (χ1) is 16.0. The largest absolute Gasteiger partial charge is 0.494 e. The van der Waals surface area contributed by atoms with Gasteiger partial charge in [-0.05, 0) is 75.8 Å². The summed E-state index contributed by atoms with van der Waals surface area (Å²) in [5.41, 5.74) is 3.68. The highest BCUT2D eigenvalue weighted by Gasteiger charge is 2.39. The van der Waals surface area contributed by atoms with Crippen LogP contribution in [-0.4, -0.2) is 29.4 Å². The van der Waals surface area contributed by atoms with Crippen molar-refractivity contribution in [1.82, 2.24) is 4.90 Å². The average molecular weight is 447 g/mol. The van der Waals surface area contributed by atoms with Crippen molar-refractivity contribution in [2.45, 2.75) is 71.4 Å².